The molecule has 0 bridgehead atoms. The molecule has 1 aliphatic rings. The molecule has 116 valence electrons. The third-order valence-corrected chi connectivity index (χ3v) is 3.45. The zero-order chi connectivity index (χ0) is 15.5. The maximum Gasteiger partial charge on any atom is 0.325 e. The van der Waals surface area contributed by atoms with E-state index >= 15 is 0 Å². The SMILES string of the molecule is O=C(O)Cn1ccc(C(=O)NCCn2ccc(C3CC3)n2)n1. The highest BCUT2D eigenvalue weighted by Crippen LogP contribution is 2.38. The molecule has 0 aliphatic heterocycles. The van der Waals surface area contributed by atoms with Gasteiger partial charge in [-0.15, -0.1) is 0 Å². The van der Waals surface area contributed by atoms with Crippen molar-refractivity contribution in [3.63, 3.8) is 0 Å². The Morgan fingerprint density at radius 3 is 2.73 bits per heavy atom. The summed E-state index contributed by atoms with van der Waals surface area (Å²) in [4.78, 5) is 22.5. The van der Waals surface area contributed by atoms with Gasteiger partial charge in [0.05, 0.1) is 12.2 Å². The van der Waals surface area contributed by atoms with Gasteiger partial charge in [-0.05, 0) is 25.0 Å². The number of rotatable bonds is 7. The van der Waals surface area contributed by atoms with Crippen molar-refractivity contribution in [3.05, 3.63) is 35.9 Å². The monoisotopic (exact) mass is 303 g/mol. The molecule has 1 fully saturated rings. The van der Waals surface area contributed by atoms with Gasteiger partial charge in [0.15, 0.2) is 0 Å². The van der Waals surface area contributed by atoms with E-state index in [0.29, 0.717) is 19.0 Å². The Morgan fingerprint density at radius 1 is 1.23 bits per heavy atom. The van der Waals surface area contributed by atoms with Crippen LogP contribution in [0, 0.1) is 0 Å². The van der Waals surface area contributed by atoms with E-state index in [1.807, 2.05) is 16.9 Å². The van der Waals surface area contributed by atoms with Crippen LogP contribution in [-0.4, -0.2) is 43.1 Å². The molecule has 1 aliphatic carbocycles. The second-order valence-electron chi connectivity index (χ2n) is 5.33. The zero-order valence-corrected chi connectivity index (χ0v) is 12.0. The Morgan fingerprint density at radius 2 is 2.00 bits per heavy atom. The third kappa shape index (κ3) is 3.51. The van der Waals surface area contributed by atoms with Crippen molar-refractivity contribution in [3.8, 4) is 0 Å². The van der Waals surface area contributed by atoms with Crippen molar-refractivity contribution < 1.29 is 14.7 Å². The summed E-state index contributed by atoms with van der Waals surface area (Å²) in [6, 6.07) is 3.52. The first kappa shape index (κ1) is 14.3. The Labute approximate surface area is 126 Å². The maximum atomic E-state index is 11.9. The summed E-state index contributed by atoms with van der Waals surface area (Å²) < 4.78 is 3.03. The largest absolute Gasteiger partial charge is 0.480 e. The molecule has 0 radical (unpaired) electrons. The number of carbonyl (C=O) groups excluding carboxylic acids is 1. The second-order valence-corrected chi connectivity index (χ2v) is 5.33. The van der Waals surface area contributed by atoms with Crippen LogP contribution in [0.25, 0.3) is 0 Å². The molecular formula is C14H17N5O3. The number of carboxylic acid groups (broad SMARTS) is 1. The van der Waals surface area contributed by atoms with E-state index in [0.717, 1.165) is 5.69 Å². The van der Waals surface area contributed by atoms with Crippen LogP contribution >= 0.6 is 0 Å². The van der Waals surface area contributed by atoms with E-state index in [4.69, 9.17) is 5.11 Å². The Kier molecular flexibility index (Phi) is 3.90. The van der Waals surface area contributed by atoms with Crippen LogP contribution in [-0.2, 0) is 17.9 Å². The first-order valence-corrected chi connectivity index (χ1v) is 7.18. The van der Waals surface area contributed by atoms with Crippen LogP contribution in [0.15, 0.2) is 24.5 Å². The molecule has 2 N–H and O–H groups in total. The summed E-state index contributed by atoms with van der Waals surface area (Å²) >= 11 is 0. The molecule has 8 heteroatoms. The van der Waals surface area contributed by atoms with Crippen LogP contribution in [0.3, 0.4) is 0 Å². The van der Waals surface area contributed by atoms with E-state index in [2.05, 4.69) is 15.5 Å². The number of amides is 1. The standard InChI is InChI=1S/C14H17N5O3/c20-13(21)9-19-7-4-12(17-19)14(22)15-5-8-18-6-3-11(16-18)10-1-2-10/h3-4,6-7,10H,1-2,5,8-9H2,(H,15,22)(H,20,21). The molecule has 1 amide bonds. The highest BCUT2D eigenvalue weighted by molar-refractivity contribution is 5.92. The summed E-state index contributed by atoms with van der Waals surface area (Å²) in [6.45, 7) is 0.773. The lowest BCUT2D eigenvalue weighted by molar-refractivity contribution is -0.137. The smallest absolute Gasteiger partial charge is 0.325 e. The highest BCUT2D eigenvalue weighted by Gasteiger charge is 2.25. The minimum atomic E-state index is -1.000. The van der Waals surface area contributed by atoms with Crippen molar-refractivity contribution in [1.82, 2.24) is 24.9 Å². The van der Waals surface area contributed by atoms with Gasteiger partial charge in [-0.3, -0.25) is 19.0 Å². The fraction of sp³-hybridized carbons (Fsp3) is 0.429. The molecule has 2 aromatic heterocycles. The molecule has 0 spiro atoms. The van der Waals surface area contributed by atoms with Crippen molar-refractivity contribution >= 4 is 11.9 Å². The predicted octanol–water partition coefficient (Wildman–Crippen LogP) is 0.472. The third-order valence-electron chi connectivity index (χ3n) is 3.45. The van der Waals surface area contributed by atoms with Crippen LogP contribution in [0.1, 0.15) is 34.9 Å². The van der Waals surface area contributed by atoms with Gasteiger partial charge < -0.3 is 10.4 Å². The lowest BCUT2D eigenvalue weighted by Gasteiger charge is -2.03. The number of nitrogens with zero attached hydrogens (tertiary/aromatic N) is 4. The summed E-state index contributed by atoms with van der Waals surface area (Å²) in [6.07, 6.45) is 5.82. The van der Waals surface area contributed by atoms with Crippen LogP contribution in [0.5, 0.6) is 0 Å². The molecule has 2 heterocycles. The second kappa shape index (κ2) is 6.00. The van der Waals surface area contributed by atoms with Crippen molar-refractivity contribution in [2.75, 3.05) is 6.54 Å². The molecule has 0 atom stereocenters. The van der Waals surface area contributed by atoms with E-state index in [1.54, 1.807) is 0 Å². The van der Waals surface area contributed by atoms with Crippen LogP contribution < -0.4 is 5.32 Å². The number of nitrogens with one attached hydrogen (secondary N) is 1. The Balaban J connectivity index is 1.46. The average Bonchev–Trinajstić information content (AvgIpc) is 3.03. The number of carbonyl (C=O) groups is 2. The minimum Gasteiger partial charge on any atom is -0.480 e. The fourth-order valence-corrected chi connectivity index (χ4v) is 2.18. The summed E-state index contributed by atoms with van der Waals surface area (Å²) in [5.41, 5.74) is 1.33. The van der Waals surface area contributed by atoms with E-state index in [-0.39, 0.29) is 18.1 Å². The average molecular weight is 303 g/mol. The van der Waals surface area contributed by atoms with Gasteiger partial charge >= 0.3 is 5.97 Å². The fourth-order valence-electron chi connectivity index (χ4n) is 2.18. The quantitative estimate of drug-likeness (QED) is 0.774. The first-order valence-electron chi connectivity index (χ1n) is 7.18. The molecule has 8 nitrogen and oxygen atoms in total. The number of hydrogen-bond donors (Lipinski definition) is 2. The van der Waals surface area contributed by atoms with Crippen molar-refractivity contribution in [2.45, 2.75) is 31.8 Å². The Bertz CT molecular complexity index is 686. The normalized spacial score (nSPS) is 14.0. The number of aliphatic carboxylic acids is 1. The molecule has 0 saturated heterocycles. The molecule has 0 unspecified atom stereocenters. The van der Waals surface area contributed by atoms with Gasteiger partial charge in [0.1, 0.15) is 12.2 Å². The number of aromatic nitrogens is 4. The summed E-state index contributed by atoms with van der Waals surface area (Å²) in [7, 11) is 0. The summed E-state index contributed by atoms with van der Waals surface area (Å²) in [5.74, 6) is -0.701. The van der Waals surface area contributed by atoms with Gasteiger partial charge in [-0.25, -0.2) is 0 Å². The zero-order valence-electron chi connectivity index (χ0n) is 12.0. The number of hydrogen-bond acceptors (Lipinski definition) is 4. The van der Waals surface area contributed by atoms with Crippen molar-refractivity contribution in [2.24, 2.45) is 0 Å². The first-order chi connectivity index (χ1) is 10.6. The van der Waals surface area contributed by atoms with E-state index in [1.165, 1.54) is 29.8 Å². The topological polar surface area (TPSA) is 102 Å². The van der Waals surface area contributed by atoms with Crippen LogP contribution in [0.2, 0.25) is 0 Å². The molecule has 22 heavy (non-hydrogen) atoms. The minimum absolute atomic E-state index is 0.209. The molecule has 0 aromatic carbocycles. The van der Waals surface area contributed by atoms with Crippen LogP contribution in [0.4, 0.5) is 0 Å². The van der Waals surface area contributed by atoms with Crippen molar-refractivity contribution in [1.29, 1.82) is 0 Å². The van der Waals surface area contributed by atoms with Gasteiger partial charge in [-0.1, -0.05) is 0 Å². The highest BCUT2D eigenvalue weighted by atomic mass is 16.4. The van der Waals surface area contributed by atoms with Gasteiger partial charge in [0.25, 0.3) is 5.91 Å². The predicted molar refractivity (Wildman–Crippen MR) is 76.4 cm³/mol. The maximum absolute atomic E-state index is 11.9. The molecular weight excluding hydrogens is 286 g/mol. The molecule has 2 aromatic rings. The van der Waals surface area contributed by atoms with Gasteiger partial charge in [0, 0.05) is 24.9 Å². The number of carboxylic acids is 1. The lowest BCUT2D eigenvalue weighted by Crippen LogP contribution is -2.28. The van der Waals surface area contributed by atoms with E-state index < -0.39 is 5.97 Å². The van der Waals surface area contributed by atoms with Gasteiger partial charge in [0.2, 0.25) is 0 Å². The molecule has 1 saturated carbocycles. The van der Waals surface area contributed by atoms with Gasteiger partial charge in [-0.2, -0.15) is 10.2 Å². The lowest BCUT2D eigenvalue weighted by atomic mass is 10.3. The van der Waals surface area contributed by atoms with E-state index in [9.17, 15) is 9.59 Å². The Hall–Kier alpha value is -2.64. The summed E-state index contributed by atoms with van der Waals surface area (Å²) in [5, 5.41) is 19.8. The molecule has 3 rings (SSSR count).